The van der Waals surface area contributed by atoms with Gasteiger partial charge in [0.05, 0.1) is 22.4 Å². The van der Waals surface area contributed by atoms with Gasteiger partial charge in [-0.25, -0.2) is 4.98 Å². The standard InChI is InChI=1S/C22H19F3N4OS2/c1-11-5-6-16-13(7-11)19(22(23,24)25)15(9-27)20(28-16)31-10-18(30)29-21-14(8-26)12-3-2-4-17(12)32-21/h11H,2-7,10H2,1H3,(H,29,30). The number of carbonyl (C=O) groups is 1. The molecule has 0 aliphatic heterocycles. The van der Waals surface area contributed by atoms with E-state index in [0.29, 0.717) is 22.7 Å². The molecule has 2 aliphatic rings. The lowest BCUT2D eigenvalue weighted by Crippen LogP contribution is -2.22. The van der Waals surface area contributed by atoms with Gasteiger partial charge in [-0.15, -0.1) is 11.3 Å². The van der Waals surface area contributed by atoms with Gasteiger partial charge in [0.1, 0.15) is 22.2 Å². The zero-order valence-electron chi connectivity index (χ0n) is 17.2. The van der Waals surface area contributed by atoms with Gasteiger partial charge in [-0.2, -0.15) is 23.7 Å². The van der Waals surface area contributed by atoms with E-state index in [4.69, 9.17) is 0 Å². The van der Waals surface area contributed by atoms with Crippen molar-refractivity contribution < 1.29 is 18.0 Å². The predicted octanol–water partition coefficient (Wildman–Crippen LogP) is 5.25. The van der Waals surface area contributed by atoms with E-state index >= 15 is 0 Å². The van der Waals surface area contributed by atoms with Gasteiger partial charge < -0.3 is 5.32 Å². The van der Waals surface area contributed by atoms with Crippen molar-refractivity contribution >= 4 is 34.0 Å². The van der Waals surface area contributed by atoms with Crippen LogP contribution in [0.25, 0.3) is 0 Å². The maximum absolute atomic E-state index is 13.9. The number of fused-ring (bicyclic) bond motifs is 2. The van der Waals surface area contributed by atoms with E-state index < -0.39 is 23.2 Å². The Kier molecular flexibility index (Phi) is 6.19. The smallest absolute Gasteiger partial charge is 0.316 e. The number of amides is 1. The molecule has 4 rings (SSSR count). The molecule has 1 atom stereocenters. The van der Waals surface area contributed by atoms with Gasteiger partial charge in [-0.3, -0.25) is 4.79 Å². The number of alkyl halides is 3. The number of rotatable bonds is 4. The highest BCUT2D eigenvalue weighted by atomic mass is 32.2. The summed E-state index contributed by atoms with van der Waals surface area (Å²) in [5.41, 5.74) is 0.482. The number of carbonyl (C=O) groups excluding carboxylic acids is 1. The molecule has 32 heavy (non-hydrogen) atoms. The number of nitrogens with one attached hydrogen (secondary N) is 1. The van der Waals surface area contributed by atoms with Crippen LogP contribution in [0.15, 0.2) is 5.03 Å². The maximum Gasteiger partial charge on any atom is 0.418 e. The second-order valence-corrected chi connectivity index (χ2v) is 10.1. The molecule has 0 aromatic carbocycles. The number of anilines is 1. The maximum atomic E-state index is 13.9. The fraction of sp³-hybridized carbons (Fsp3) is 0.455. The fourth-order valence-electron chi connectivity index (χ4n) is 4.34. The van der Waals surface area contributed by atoms with Gasteiger partial charge in [0.25, 0.3) is 0 Å². The first kappa shape index (κ1) is 22.6. The minimum Gasteiger partial charge on any atom is -0.316 e. The SMILES string of the molecule is CC1CCc2nc(SCC(=O)Nc3sc4c(c3C#N)CCC4)c(C#N)c(C(F)(F)F)c2C1. The summed E-state index contributed by atoms with van der Waals surface area (Å²) in [6.07, 6.45) is -0.624. The lowest BCUT2D eigenvalue weighted by molar-refractivity contribution is -0.138. The summed E-state index contributed by atoms with van der Waals surface area (Å²) >= 11 is 2.20. The van der Waals surface area contributed by atoms with E-state index in [2.05, 4.69) is 16.4 Å². The highest BCUT2D eigenvalue weighted by molar-refractivity contribution is 8.00. The number of nitrogens with zero attached hydrogens (tertiary/aromatic N) is 3. The molecule has 0 saturated heterocycles. The number of halogens is 3. The van der Waals surface area contributed by atoms with Crippen LogP contribution in [0.4, 0.5) is 18.2 Å². The molecule has 2 heterocycles. The second-order valence-electron chi connectivity index (χ2n) is 8.06. The topological polar surface area (TPSA) is 89.6 Å². The molecule has 0 spiro atoms. The summed E-state index contributed by atoms with van der Waals surface area (Å²) in [6.45, 7) is 1.89. The fourth-order valence-corrected chi connectivity index (χ4v) is 6.40. The molecule has 0 radical (unpaired) electrons. The van der Waals surface area contributed by atoms with Crippen LogP contribution in [0.3, 0.4) is 0 Å². The number of hydrogen-bond acceptors (Lipinski definition) is 6. The van der Waals surface area contributed by atoms with Crippen molar-refractivity contribution in [1.82, 2.24) is 4.98 Å². The van der Waals surface area contributed by atoms with Crippen molar-refractivity contribution in [2.75, 3.05) is 11.1 Å². The summed E-state index contributed by atoms with van der Waals surface area (Å²) in [6, 6.07) is 3.82. The number of nitriles is 2. The average Bonchev–Trinajstić information content (AvgIpc) is 3.30. The minimum atomic E-state index is -4.67. The van der Waals surface area contributed by atoms with Crippen LogP contribution in [0.5, 0.6) is 0 Å². The molecule has 2 aliphatic carbocycles. The lowest BCUT2D eigenvalue weighted by atomic mass is 9.84. The summed E-state index contributed by atoms with van der Waals surface area (Å²) < 4.78 is 41.6. The molecule has 10 heteroatoms. The molecule has 1 N–H and O–H groups in total. The monoisotopic (exact) mass is 476 g/mol. The average molecular weight is 477 g/mol. The highest BCUT2D eigenvalue weighted by Gasteiger charge is 2.40. The third-order valence-electron chi connectivity index (χ3n) is 5.80. The van der Waals surface area contributed by atoms with E-state index in [9.17, 15) is 28.5 Å². The lowest BCUT2D eigenvalue weighted by Gasteiger charge is -2.26. The van der Waals surface area contributed by atoms with Gasteiger partial charge in [-0.1, -0.05) is 18.7 Å². The number of pyridine rings is 1. The van der Waals surface area contributed by atoms with E-state index in [1.807, 2.05) is 6.92 Å². The molecule has 2 aromatic heterocycles. The molecule has 166 valence electrons. The van der Waals surface area contributed by atoms with Crippen LogP contribution in [-0.4, -0.2) is 16.6 Å². The molecular formula is C22H19F3N4OS2. The number of thiophene rings is 1. The minimum absolute atomic E-state index is 0.0718. The highest BCUT2D eigenvalue weighted by Crippen LogP contribution is 2.42. The Hall–Kier alpha value is -2.56. The van der Waals surface area contributed by atoms with Gasteiger partial charge >= 0.3 is 6.18 Å². The predicted molar refractivity (Wildman–Crippen MR) is 116 cm³/mol. The third kappa shape index (κ3) is 4.22. The van der Waals surface area contributed by atoms with Gasteiger partial charge in [0.15, 0.2) is 0 Å². The largest absolute Gasteiger partial charge is 0.418 e. The number of aromatic nitrogens is 1. The first-order valence-electron chi connectivity index (χ1n) is 10.2. The van der Waals surface area contributed by atoms with Crippen molar-refractivity contribution in [3.8, 4) is 12.1 Å². The Morgan fingerprint density at radius 2 is 1.97 bits per heavy atom. The zero-order valence-corrected chi connectivity index (χ0v) is 18.9. The van der Waals surface area contributed by atoms with Gasteiger partial charge in [-0.05, 0) is 55.6 Å². The molecule has 5 nitrogen and oxygen atoms in total. The van der Waals surface area contributed by atoms with Crippen molar-refractivity contribution in [3.63, 3.8) is 0 Å². The first-order valence-corrected chi connectivity index (χ1v) is 12.0. The Labute approximate surface area is 191 Å². The molecule has 0 fully saturated rings. The number of thioether (sulfide) groups is 1. The summed E-state index contributed by atoms with van der Waals surface area (Å²) in [5, 5.41) is 22.1. The first-order chi connectivity index (χ1) is 15.2. The van der Waals surface area contributed by atoms with Crippen molar-refractivity contribution in [2.45, 2.75) is 56.7 Å². The van der Waals surface area contributed by atoms with Crippen molar-refractivity contribution in [2.24, 2.45) is 5.92 Å². The number of hydrogen-bond donors (Lipinski definition) is 1. The molecule has 1 amide bonds. The van der Waals surface area contributed by atoms with Crippen LogP contribution < -0.4 is 5.32 Å². The van der Waals surface area contributed by atoms with Crippen LogP contribution in [-0.2, 0) is 36.7 Å². The Morgan fingerprint density at radius 1 is 1.22 bits per heavy atom. The molecule has 2 aromatic rings. The Bertz CT molecular complexity index is 1170. The third-order valence-corrected chi connectivity index (χ3v) is 7.98. The molecule has 1 unspecified atom stereocenters. The Morgan fingerprint density at radius 3 is 2.66 bits per heavy atom. The Balaban J connectivity index is 1.58. The summed E-state index contributed by atoms with van der Waals surface area (Å²) in [4.78, 5) is 18.0. The van der Waals surface area contributed by atoms with Crippen LogP contribution >= 0.6 is 23.1 Å². The zero-order chi connectivity index (χ0) is 23.0. The van der Waals surface area contributed by atoms with E-state index in [1.54, 1.807) is 6.07 Å². The normalized spacial score (nSPS) is 17.2. The van der Waals surface area contributed by atoms with Crippen molar-refractivity contribution in [1.29, 1.82) is 10.5 Å². The van der Waals surface area contributed by atoms with Gasteiger partial charge in [0, 0.05) is 10.6 Å². The van der Waals surface area contributed by atoms with Crippen LogP contribution in [0, 0.1) is 28.6 Å². The molecule has 0 bridgehead atoms. The van der Waals surface area contributed by atoms with Crippen LogP contribution in [0.1, 0.15) is 58.2 Å². The van der Waals surface area contributed by atoms with E-state index in [1.165, 1.54) is 11.3 Å². The summed E-state index contributed by atoms with van der Waals surface area (Å²) in [5.74, 6) is -0.568. The second kappa shape index (κ2) is 8.76. The number of aryl methyl sites for hydroxylation is 2. The van der Waals surface area contributed by atoms with Gasteiger partial charge in [0.2, 0.25) is 5.91 Å². The summed E-state index contributed by atoms with van der Waals surface area (Å²) in [7, 11) is 0. The van der Waals surface area contributed by atoms with Crippen LogP contribution in [0.2, 0.25) is 0 Å². The quantitative estimate of drug-likeness (QED) is 0.609. The van der Waals surface area contributed by atoms with E-state index in [-0.39, 0.29) is 28.7 Å². The molecular weight excluding hydrogens is 457 g/mol. The molecule has 0 saturated carbocycles. The van der Waals surface area contributed by atoms with E-state index in [0.717, 1.165) is 47.9 Å². The van der Waals surface area contributed by atoms with Crippen molar-refractivity contribution in [3.05, 3.63) is 38.4 Å².